The van der Waals surface area contributed by atoms with E-state index in [0.29, 0.717) is 12.2 Å². The van der Waals surface area contributed by atoms with Crippen LogP contribution in [-0.2, 0) is 11.2 Å². The van der Waals surface area contributed by atoms with Gasteiger partial charge < -0.3 is 14.9 Å². The maximum Gasteiger partial charge on any atom is 0.341 e. The molecule has 0 atom stereocenters. The summed E-state index contributed by atoms with van der Waals surface area (Å²) in [6.07, 6.45) is 0.684. The molecule has 0 aliphatic carbocycles. The quantitative estimate of drug-likeness (QED) is 0.764. The average Bonchev–Trinajstić information content (AvgIpc) is 2.15. The number of aryl methyl sites for hydroxylation is 1. The molecule has 2 N–H and O–H groups in total. The molecule has 0 saturated carbocycles. The second-order valence-electron chi connectivity index (χ2n) is 2.83. The first-order valence-corrected chi connectivity index (χ1v) is 4.30. The van der Waals surface area contributed by atoms with Crippen molar-refractivity contribution in [2.45, 2.75) is 13.3 Å². The Hall–Kier alpha value is -1.71. The van der Waals surface area contributed by atoms with E-state index in [0.717, 1.165) is 5.56 Å². The Balaban J connectivity index is 2.80. The van der Waals surface area contributed by atoms with E-state index in [1.807, 2.05) is 6.92 Å². The number of hydrogen-bond donors (Lipinski definition) is 2. The zero-order valence-corrected chi connectivity index (χ0v) is 7.86. The predicted octanol–water partition coefficient (Wildman–Crippen LogP) is 1.42. The molecule has 0 radical (unpaired) electrons. The number of carboxylic acids is 1. The number of phenolic OH excluding ortho intramolecular Hbond substituents is 1. The summed E-state index contributed by atoms with van der Waals surface area (Å²) in [7, 11) is 0. The lowest BCUT2D eigenvalue weighted by molar-refractivity contribution is -0.139. The van der Waals surface area contributed by atoms with Crippen LogP contribution in [0.2, 0.25) is 0 Å². The van der Waals surface area contributed by atoms with E-state index in [1.54, 1.807) is 12.1 Å². The number of rotatable bonds is 4. The summed E-state index contributed by atoms with van der Waals surface area (Å²) in [6.45, 7) is 1.54. The molecule has 14 heavy (non-hydrogen) atoms. The van der Waals surface area contributed by atoms with Crippen molar-refractivity contribution < 1.29 is 19.7 Å². The summed E-state index contributed by atoms with van der Waals surface area (Å²) in [5, 5.41) is 17.6. The molecule has 0 unspecified atom stereocenters. The van der Waals surface area contributed by atoms with Crippen molar-refractivity contribution in [1.82, 2.24) is 0 Å². The normalized spacial score (nSPS) is 9.79. The molecule has 4 nitrogen and oxygen atoms in total. The highest BCUT2D eigenvalue weighted by atomic mass is 16.5. The molecule has 1 rings (SSSR count). The molecule has 4 heteroatoms. The summed E-state index contributed by atoms with van der Waals surface area (Å²) >= 11 is 0. The summed E-state index contributed by atoms with van der Waals surface area (Å²) in [6, 6.07) is 4.60. The van der Waals surface area contributed by atoms with Crippen molar-refractivity contribution in [3.8, 4) is 11.5 Å². The standard InChI is InChI=1S/C10H12O4/c1-2-7-5-8(11)3-4-9(7)14-6-10(12)13/h3-5,11H,2,6H2,1H3,(H,12,13). The minimum atomic E-state index is -1.01. The number of aliphatic carboxylic acids is 1. The molecular weight excluding hydrogens is 184 g/mol. The van der Waals surface area contributed by atoms with Crippen molar-refractivity contribution in [2.24, 2.45) is 0 Å². The van der Waals surface area contributed by atoms with Gasteiger partial charge in [0.05, 0.1) is 0 Å². The molecule has 0 amide bonds. The molecule has 0 heterocycles. The number of carboxylic acid groups (broad SMARTS) is 1. The number of hydrogen-bond acceptors (Lipinski definition) is 3. The third-order valence-electron chi connectivity index (χ3n) is 1.78. The smallest absolute Gasteiger partial charge is 0.341 e. The third-order valence-corrected chi connectivity index (χ3v) is 1.78. The van der Waals surface area contributed by atoms with Gasteiger partial charge >= 0.3 is 5.97 Å². The fourth-order valence-electron chi connectivity index (χ4n) is 1.12. The van der Waals surface area contributed by atoms with Gasteiger partial charge in [0.2, 0.25) is 0 Å². The Morgan fingerprint density at radius 1 is 1.50 bits per heavy atom. The van der Waals surface area contributed by atoms with Crippen molar-refractivity contribution in [3.05, 3.63) is 23.8 Å². The van der Waals surface area contributed by atoms with E-state index in [2.05, 4.69) is 0 Å². The minimum absolute atomic E-state index is 0.157. The highest BCUT2D eigenvalue weighted by Crippen LogP contribution is 2.23. The van der Waals surface area contributed by atoms with E-state index < -0.39 is 5.97 Å². The summed E-state index contributed by atoms with van der Waals surface area (Å²) in [5.41, 5.74) is 0.797. The Bertz CT molecular complexity index is 333. The van der Waals surface area contributed by atoms with Crippen LogP contribution in [0.5, 0.6) is 11.5 Å². The van der Waals surface area contributed by atoms with Crippen LogP contribution in [0.15, 0.2) is 18.2 Å². The van der Waals surface area contributed by atoms with Crippen LogP contribution in [0.1, 0.15) is 12.5 Å². The van der Waals surface area contributed by atoms with Gasteiger partial charge in [-0.1, -0.05) is 6.92 Å². The van der Waals surface area contributed by atoms with Gasteiger partial charge in [-0.3, -0.25) is 0 Å². The predicted molar refractivity (Wildman–Crippen MR) is 50.6 cm³/mol. The molecule has 1 aromatic carbocycles. The van der Waals surface area contributed by atoms with Gasteiger partial charge in [0, 0.05) is 0 Å². The van der Waals surface area contributed by atoms with Crippen LogP contribution < -0.4 is 4.74 Å². The minimum Gasteiger partial charge on any atom is -0.508 e. The Morgan fingerprint density at radius 3 is 2.79 bits per heavy atom. The highest BCUT2D eigenvalue weighted by molar-refractivity contribution is 5.68. The number of ether oxygens (including phenoxy) is 1. The van der Waals surface area contributed by atoms with Crippen LogP contribution in [0.3, 0.4) is 0 Å². The summed E-state index contributed by atoms with van der Waals surface area (Å²) < 4.78 is 5.03. The van der Waals surface area contributed by atoms with Gasteiger partial charge in [-0.2, -0.15) is 0 Å². The summed E-state index contributed by atoms with van der Waals surface area (Å²) in [5.74, 6) is -0.350. The van der Waals surface area contributed by atoms with Gasteiger partial charge in [-0.25, -0.2) is 4.79 Å². The van der Waals surface area contributed by atoms with Gasteiger partial charge in [-0.05, 0) is 30.2 Å². The molecule has 1 aromatic rings. The van der Waals surface area contributed by atoms with Gasteiger partial charge in [-0.15, -0.1) is 0 Å². The zero-order chi connectivity index (χ0) is 10.6. The van der Waals surface area contributed by atoms with Gasteiger partial charge in [0.1, 0.15) is 11.5 Å². The maximum atomic E-state index is 10.3. The maximum absolute atomic E-state index is 10.3. The summed E-state index contributed by atoms with van der Waals surface area (Å²) in [4.78, 5) is 10.3. The van der Waals surface area contributed by atoms with E-state index in [9.17, 15) is 9.90 Å². The van der Waals surface area contributed by atoms with Crippen LogP contribution in [0.4, 0.5) is 0 Å². The highest BCUT2D eigenvalue weighted by Gasteiger charge is 2.05. The molecule has 0 aliphatic rings. The molecule has 0 bridgehead atoms. The first-order chi connectivity index (χ1) is 6.63. The van der Waals surface area contributed by atoms with Crippen LogP contribution in [0, 0.1) is 0 Å². The zero-order valence-electron chi connectivity index (χ0n) is 7.86. The van der Waals surface area contributed by atoms with Crippen LogP contribution in [-0.4, -0.2) is 22.8 Å². The monoisotopic (exact) mass is 196 g/mol. The first-order valence-electron chi connectivity index (χ1n) is 4.30. The van der Waals surface area contributed by atoms with Crippen molar-refractivity contribution in [1.29, 1.82) is 0 Å². The van der Waals surface area contributed by atoms with E-state index in [1.165, 1.54) is 6.07 Å². The van der Waals surface area contributed by atoms with Gasteiger partial charge in [0.15, 0.2) is 6.61 Å². The molecular formula is C10H12O4. The molecule has 0 spiro atoms. The van der Waals surface area contributed by atoms with Crippen LogP contribution in [0.25, 0.3) is 0 Å². The molecule has 76 valence electrons. The van der Waals surface area contributed by atoms with E-state index in [-0.39, 0.29) is 12.4 Å². The molecule has 0 fully saturated rings. The largest absolute Gasteiger partial charge is 0.508 e. The van der Waals surface area contributed by atoms with Crippen molar-refractivity contribution in [2.75, 3.05) is 6.61 Å². The first kappa shape index (κ1) is 10.4. The molecule has 0 saturated heterocycles. The van der Waals surface area contributed by atoms with Gasteiger partial charge in [0.25, 0.3) is 0 Å². The number of aromatic hydroxyl groups is 1. The second-order valence-corrected chi connectivity index (χ2v) is 2.83. The van der Waals surface area contributed by atoms with Crippen LogP contribution >= 0.6 is 0 Å². The van der Waals surface area contributed by atoms with Crippen molar-refractivity contribution >= 4 is 5.97 Å². The van der Waals surface area contributed by atoms with E-state index in [4.69, 9.17) is 9.84 Å². The lowest BCUT2D eigenvalue weighted by Crippen LogP contribution is -2.10. The Kier molecular flexibility index (Phi) is 3.34. The number of benzene rings is 1. The lowest BCUT2D eigenvalue weighted by atomic mass is 10.1. The number of carbonyl (C=O) groups is 1. The molecule has 0 aliphatic heterocycles. The molecule has 0 aromatic heterocycles. The third kappa shape index (κ3) is 2.65. The number of phenols is 1. The SMILES string of the molecule is CCc1cc(O)ccc1OCC(=O)O. The average molecular weight is 196 g/mol. The fourth-order valence-corrected chi connectivity index (χ4v) is 1.12. The second kappa shape index (κ2) is 4.50. The lowest BCUT2D eigenvalue weighted by Gasteiger charge is -2.08. The Morgan fingerprint density at radius 2 is 2.21 bits per heavy atom. The van der Waals surface area contributed by atoms with E-state index >= 15 is 0 Å². The fraction of sp³-hybridized carbons (Fsp3) is 0.300. The van der Waals surface area contributed by atoms with Crippen molar-refractivity contribution in [3.63, 3.8) is 0 Å². The topological polar surface area (TPSA) is 66.8 Å². The Labute approximate surface area is 81.8 Å².